The van der Waals surface area contributed by atoms with Gasteiger partial charge < -0.3 is 10.4 Å². The number of aryl methyl sites for hydroxylation is 3. The lowest BCUT2D eigenvalue weighted by Crippen LogP contribution is -2.28. The fourth-order valence-corrected chi connectivity index (χ4v) is 3.76. The Bertz CT molecular complexity index is 820. The average molecular weight is 343 g/mol. The summed E-state index contributed by atoms with van der Waals surface area (Å²) in [4.78, 5) is 12.9. The van der Waals surface area contributed by atoms with Crippen LogP contribution in [0, 0.1) is 6.92 Å². The van der Waals surface area contributed by atoms with Gasteiger partial charge >= 0.3 is 0 Å². The van der Waals surface area contributed by atoms with Gasteiger partial charge in [-0.15, -0.1) is 11.3 Å². The van der Waals surface area contributed by atoms with E-state index in [1.165, 1.54) is 0 Å². The number of rotatable bonds is 6. The van der Waals surface area contributed by atoms with Crippen molar-refractivity contribution in [3.63, 3.8) is 0 Å². The average Bonchev–Trinajstić information content (AvgIpc) is 3.13. The molecule has 0 fully saturated rings. The Kier molecular flexibility index (Phi) is 4.97. The van der Waals surface area contributed by atoms with Gasteiger partial charge in [0.25, 0.3) is 0 Å². The Labute approximate surface area is 144 Å². The lowest BCUT2D eigenvalue weighted by Gasteiger charge is -2.10. The number of amides is 1. The minimum atomic E-state index is -0.675. The molecule has 0 radical (unpaired) electrons. The minimum absolute atomic E-state index is 0.0570. The number of thiophene rings is 1. The number of aliphatic hydroxyl groups is 1. The number of fused-ring (bicyclic) bond motifs is 1. The molecule has 2 heterocycles. The van der Waals surface area contributed by atoms with E-state index in [4.69, 9.17) is 0 Å². The number of aromatic nitrogens is 2. The van der Waals surface area contributed by atoms with Crippen molar-refractivity contribution in [3.8, 4) is 0 Å². The Morgan fingerprint density at radius 3 is 2.92 bits per heavy atom. The van der Waals surface area contributed by atoms with Gasteiger partial charge in [-0.05, 0) is 36.4 Å². The Morgan fingerprint density at radius 2 is 2.21 bits per heavy atom. The fraction of sp³-hybridized carbons (Fsp3) is 0.333. The summed E-state index contributed by atoms with van der Waals surface area (Å²) in [5.41, 5.74) is 2.04. The zero-order chi connectivity index (χ0) is 17.1. The van der Waals surface area contributed by atoms with Gasteiger partial charge in [-0.1, -0.05) is 18.2 Å². The summed E-state index contributed by atoms with van der Waals surface area (Å²) in [7, 11) is 1.87. The van der Waals surface area contributed by atoms with Gasteiger partial charge in [-0.3, -0.25) is 9.48 Å². The lowest BCUT2D eigenvalue weighted by molar-refractivity contribution is -0.121. The monoisotopic (exact) mass is 343 g/mol. The molecule has 1 amide bonds. The molecule has 2 N–H and O–H groups in total. The highest BCUT2D eigenvalue weighted by atomic mass is 32.1. The maximum absolute atomic E-state index is 12.0. The van der Waals surface area contributed by atoms with E-state index in [0.717, 1.165) is 26.2 Å². The molecule has 6 heteroatoms. The second kappa shape index (κ2) is 7.15. The topological polar surface area (TPSA) is 67.2 Å². The number of aliphatic hydroxyl groups excluding tert-OH is 1. The first kappa shape index (κ1) is 16.7. The van der Waals surface area contributed by atoms with Gasteiger partial charge in [0, 0.05) is 35.8 Å². The van der Waals surface area contributed by atoms with Crippen LogP contribution in [0.25, 0.3) is 10.1 Å². The number of nitrogens with zero attached hydrogens (tertiary/aromatic N) is 2. The van der Waals surface area contributed by atoms with Crippen molar-refractivity contribution in [1.82, 2.24) is 15.1 Å². The molecule has 0 saturated carbocycles. The van der Waals surface area contributed by atoms with Crippen molar-refractivity contribution in [2.24, 2.45) is 7.05 Å². The SMILES string of the molecule is Cc1nn(C)cc1CCC(=O)NCC(O)c1cc2ccccc2s1. The third kappa shape index (κ3) is 3.83. The Hall–Kier alpha value is -2.18. The molecule has 0 bridgehead atoms. The number of benzene rings is 1. The summed E-state index contributed by atoms with van der Waals surface area (Å²) in [6.07, 6.45) is 2.32. The van der Waals surface area contributed by atoms with Crippen molar-refractivity contribution in [1.29, 1.82) is 0 Å². The van der Waals surface area contributed by atoms with Gasteiger partial charge in [-0.2, -0.15) is 5.10 Å². The number of hydrogen-bond acceptors (Lipinski definition) is 4. The Balaban J connectivity index is 1.51. The highest BCUT2D eigenvalue weighted by Gasteiger charge is 2.13. The molecule has 3 aromatic rings. The molecule has 24 heavy (non-hydrogen) atoms. The van der Waals surface area contributed by atoms with Gasteiger partial charge in [-0.25, -0.2) is 0 Å². The van der Waals surface area contributed by atoms with Crippen molar-refractivity contribution < 1.29 is 9.90 Å². The van der Waals surface area contributed by atoms with E-state index in [2.05, 4.69) is 10.4 Å². The number of carbonyl (C=O) groups excluding carboxylic acids is 1. The van der Waals surface area contributed by atoms with Crippen molar-refractivity contribution in [2.75, 3.05) is 6.54 Å². The zero-order valence-electron chi connectivity index (χ0n) is 13.8. The summed E-state index contributed by atoms with van der Waals surface area (Å²) >= 11 is 1.56. The van der Waals surface area contributed by atoms with Crippen molar-refractivity contribution >= 4 is 27.3 Å². The van der Waals surface area contributed by atoms with Crippen LogP contribution >= 0.6 is 11.3 Å². The van der Waals surface area contributed by atoms with Crippen molar-refractivity contribution in [3.05, 3.63) is 52.7 Å². The quantitative estimate of drug-likeness (QED) is 0.723. The molecule has 2 aromatic heterocycles. The van der Waals surface area contributed by atoms with E-state index >= 15 is 0 Å². The molecular weight excluding hydrogens is 322 g/mol. The third-order valence-corrected chi connectivity index (χ3v) is 5.22. The highest BCUT2D eigenvalue weighted by Crippen LogP contribution is 2.29. The summed E-state index contributed by atoms with van der Waals surface area (Å²) in [5.74, 6) is -0.0570. The molecule has 3 rings (SSSR count). The molecule has 5 nitrogen and oxygen atoms in total. The van der Waals surface area contributed by atoms with Gasteiger partial charge in [0.2, 0.25) is 5.91 Å². The van der Waals surface area contributed by atoms with Gasteiger partial charge in [0.05, 0.1) is 5.69 Å². The number of carbonyl (C=O) groups is 1. The van der Waals surface area contributed by atoms with Crippen LogP contribution in [-0.2, 0) is 18.3 Å². The van der Waals surface area contributed by atoms with Crippen LogP contribution in [0.4, 0.5) is 0 Å². The van der Waals surface area contributed by atoms with Crippen LogP contribution in [0.3, 0.4) is 0 Å². The molecule has 1 atom stereocenters. The van der Waals surface area contributed by atoms with Gasteiger partial charge in [0.1, 0.15) is 6.10 Å². The van der Waals surface area contributed by atoms with Crippen LogP contribution in [-0.4, -0.2) is 27.3 Å². The summed E-state index contributed by atoms with van der Waals surface area (Å²) in [5, 5.41) is 18.5. The molecule has 0 aliphatic carbocycles. The first-order valence-electron chi connectivity index (χ1n) is 7.95. The molecular formula is C18H21N3O2S. The third-order valence-electron chi connectivity index (χ3n) is 4.00. The second-order valence-electron chi connectivity index (χ2n) is 5.92. The smallest absolute Gasteiger partial charge is 0.220 e. The molecule has 126 valence electrons. The zero-order valence-corrected chi connectivity index (χ0v) is 14.6. The molecule has 0 spiro atoms. The minimum Gasteiger partial charge on any atom is -0.386 e. The fourth-order valence-electron chi connectivity index (χ4n) is 2.71. The normalized spacial score (nSPS) is 12.5. The van der Waals surface area contributed by atoms with E-state index < -0.39 is 6.10 Å². The summed E-state index contributed by atoms with van der Waals surface area (Å²) in [6, 6.07) is 10.0. The molecule has 0 saturated heterocycles. The number of hydrogen-bond donors (Lipinski definition) is 2. The standard InChI is InChI=1S/C18H21N3O2S/c1-12-14(11-21(2)20-12)7-8-18(23)19-10-15(22)17-9-13-5-3-4-6-16(13)24-17/h3-6,9,11,15,22H,7-8,10H2,1-2H3,(H,19,23). The first-order chi connectivity index (χ1) is 11.5. The molecule has 1 unspecified atom stereocenters. The van der Waals surface area contributed by atoms with Crippen LogP contribution in [0.5, 0.6) is 0 Å². The molecule has 0 aliphatic rings. The van der Waals surface area contributed by atoms with E-state index in [0.29, 0.717) is 12.8 Å². The van der Waals surface area contributed by atoms with E-state index in [-0.39, 0.29) is 12.5 Å². The van der Waals surface area contributed by atoms with E-state index in [1.807, 2.05) is 50.5 Å². The highest BCUT2D eigenvalue weighted by molar-refractivity contribution is 7.19. The predicted octanol–water partition coefficient (Wildman–Crippen LogP) is 2.73. The van der Waals surface area contributed by atoms with Crippen molar-refractivity contribution in [2.45, 2.75) is 25.9 Å². The summed E-state index contributed by atoms with van der Waals surface area (Å²) in [6.45, 7) is 2.18. The molecule has 1 aromatic carbocycles. The summed E-state index contributed by atoms with van der Waals surface area (Å²) < 4.78 is 2.90. The van der Waals surface area contributed by atoms with E-state index in [9.17, 15) is 9.90 Å². The first-order valence-corrected chi connectivity index (χ1v) is 8.77. The van der Waals surface area contributed by atoms with Crippen LogP contribution in [0.15, 0.2) is 36.5 Å². The van der Waals surface area contributed by atoms with Crippen LogP contribution < -0.4 is 5.32 Å². The second-order valence-corrected chi connectivity index (χ2v) is 7.04. The van der Waals surface area contributed by atoms with Crippen LogP contribution in [0.2, 0.25) is 0 Å². The maximum atomic E-state index is 12.0. The van der Waals surface area contributed by atoms with E-state index in [1.54, 1.807) is 16.0 Å². The number of nitrogens with one attached hydrogen (secondary N) is 1. The Morgan fingerprint density at radius 1 is 1.42 bits per heavy atom. The maximum Gasteiger partial charge on any atom is 0.220 e. The van der Waals surface area contributed by atoms with Gasteiger partial charge in [0.15, 0.2) is 0 Å². The van der Waals surface area contributed by atoms with Crippen LogP contribution in [0.1, 0.15) is 28.7 Å². The predicted molar refractivity (Wildman–Crippen MR) is 96.1 cm³/mol. The largest absolute Gasteiger partial charge is 0.386 e. The lowest BCUT2D eigenvalue weighted by atomic mass is 10.1. The molecule has 0 aliphatic heterocycles.